The van der Waals surface area contributed by atoms with Gasteiger partial charge in [0.25, 0.3) is 0 Å². The molecule has 0 aliphatic carbocycles. The lowest BCUT2D eigenvalue weighted by Gasteiger charge is -2.31. The lowest BCUT2D eigenvalue weighted by atomic mass is 9.85. The summed E-state index contributed by atoms with van der Waals surface area (Å²) < 4.78 is 0. The lowest BCUT2D eigenvalue weighted by molar-refractivity contribution is 0.0415. The molecule has 0 aromatic rings. The molecule has 2 nitrogen and oxygen atoms in total. The number of rotatable bonds is 2. The highest BCUT2D eigenvalue weighted by atomic mass is 16.3. The van der Waals surface area contributed by atoms with Crippen LogP contribution in [0.15, 0.2) is 11.6 Å². The third-order valence-electron chi connectivity index (χ3n) is 1.61. The molecule has 0 amide bonds. The standard InChI is InChI=1S/C9H18O2/c1-6-7(8(2,3)10)9(4,5)11/h6,10-11H,1-5H3. The minimum Gasteiger partial charge on any atom is -0.386 e. The van der Waals surface area contributed by atoms with Crippen LogP contribution in [-0.4, -0.2) is 21.4 Å². The van der Waals surface area contributed by atoms with Crippen molar-refractivity contribution in [3.05, 3.63) is 11.6 Å². The summed E-state index contributed by atoms with van der Waals surface area (Å²) in [6.07, 6.45) is 1.75. The van der Waals surface area contributed by atoms with Gasteiger partial charge in [-0.25, -0.2) is 0 Å². The molecule has 0 aromatic heterocycles. The molecule has 0 rings (SSSR count). The van der Waals surface area contributed by atoms with Crippen LogP contribution in [0, 0.1) is 0 Å². The molecule has 11 heavy (non-hydrogen) atoms. The second kappa shape index (κ2) is 2.95. The first kappa shape index (κ1) is 10.7. The second-order valence-electron chi connectivity index (χ2n) is 3.82. The first-order chi connectivity index (χ1) is 4.69. The minimum atomic E-state index is -0.938. The van der Waals surface area contributed by atoms with Gasteiger partial charge < -0.3 is 10.2 Å². The van der Waals surface area contributed by atoms with E-state index in [1.54, 1.807) is 33.8 Å². The van der Waals surface area contributed by atoms with Gasteiger partial charge in [0, 0.05) is 0 Å². The maximum absolute atomic E-state index is 9.58. The van der Waals surface area contributed by atoms with Crippen LogP contribution < -0.4 is 0 Å². The molecule has 0 radical (unpaired) electrons. The predicted octanol–water partition coefficient (Wildman–Crippen LogP) is 1.47. The molecule has 0 spiro atoms. The largest absolute Gasteiger partial charge is 0.386 e. The zero-order chi connectivity index (χ0) is 9.28. The Hall–Kier alpha value is -0.340. The van der Waals surface area contributed by atoms with Crippen LogP contribution in [0.3, 0.4) is 0 Å². The van der Waals surface area contributed by atoms with Crippen molar-refractivity contribution in [2.45, 2.75) is 45.8 Å². The fourth-order valence-corrected chi connectivity index (χ4v) is 1.46. The third kappa shape index (κ3) is 3.04. The lowest BCUT2D eigenvalue weighted by Crippen LogP contribution is -2.36. The molecular weight excluding hydrogens is 140 g/mol. The minimum absolute atomic E-state index is 0.644. The zero-order valence-corrected chi connectivity index (χ0v) is 7.97. The molecule has 0 saturated carbocycles. The van der Waals surface area contributed by atoms with E-state index in [0.29, 0.717) is 5.57 Å². The zero-order valence-electron chi connectivity index (χ0n) is 7.97. The first-order valence-electron chi connectivity index (χ1n) is 3.81. The first-order valence-corrected chi connectivity index (χ1v) is 3.81. The van der Waals surface area contributed by atoms with E-state index >= 15 is 0 Å². The Kier molecular flexibility index (Phi) is 2.86. The van der Waals surface area contributed by atoms with Crippen molar-refractivity contribution in [3.8, 4) is 0 Å². The van der Waals surface area contributed by atoms with Crippen molar-refractivity contribution >= 4 is 0 Å². The Bertz CT molecular complexity index is 139. The van der Waals surface area contributed by atoms with Crippen molar-refractivity contribution in [1.82, 2.24) is 0 Å². The molecule has 0 aromatic carbocycles. The Labute approximate surface area is 68.6 Å². The van der Waals surface area contributed by atoms with Gasteiger partial charge in [0.1, 0.15) is 0 Å². The van der Waals surface area contributed by atoms with Gasteiger partial charge in [0.15, 0.2) is 0 Å². The van der Waals surface area contributed by atoms with Crippen LogP contribution in [0.1, 0.15) is 34.6 Å². The molecule has 0 aliphatic rings. The van der Waals surface area contributed by atoms with Crippen molar-refractivity contribution in [3.63, 3.8) is 0 Å². The summed E-state index contributed by atoms with van der Waals surface area (Å²) in [6, 6.07) is 0. The van der Waals surface area contributed by atoms with Gasteiger partial charge in [-0.05, 0) is 40.2 Å². The van der Waals surface area contributed by atoms with E-state index in [4.69, 9.17) is 0 Å². The molecule has 0 bridgehead atoms. The van der Waals surface area contributed by atoms with Gasteiger partial charge in [0.05, 0.1) is 11.2 Å². The smallest absolute Gasteiger partial charge is 0.0827 e. The average molecular weight is 158 g/mol. The summed E-state index contributed by atoms with van der Waals surface area (Å²) >= 11 is 0. The molecule has 2 N–H and O–H groups in total. The number of hydrogen-bond acceptors (Lipinski definition) is 2. The highest BCUT2D eigenvalue weighted by molar-refractivity contribution is 5.22. The predicted molar refractivity (Wildman–Crippen MR) is 46.4 cm³/mol. The SMILES string of the molecule is CC=C(C(C)(C)O)C(C)(C)O. The van der Waals surface area contributed by atoms with E-state index < -0.39 is 11.2 Å². The molecule has 0 fully saturated rings. The van der Waals surface area contributed by atoms with Crippen LogP contribution in [-0.2, 0) is 0 Å². The maximum Gasteiger partial charge on any atom is 0.0827 e. The van der Waals surface area contributed by atoms with E-state index in [-0.39, 0.29) is 0 Å². The Morgan fingerprint density at radius 3 is 1.27 bits per heavy atom. The van der Waals surface area contributed by atoms with E-state index in [2.05, 4.69) is 0 Å². The number of allylic oxidation sites excluding steroid dienone is 1. The van der Waals surface area contributed by atoms with Crippen LogP contribution in [0.25, 0.3) is 0 Å². The van der Waals surface area contributed by atoms with E-state index in [1.807, 2.05) is 6.92 Å². The van der Waals surface area contributed by atoms with Gasteiger partial charge in [-0.1, -0.05) is 6.08 Å². The average Bonchev–Trinajstić information content (AvgIpc) is 1.56. The molecule has 0 saturated heterocycles. The summed E-state index contributed by atoms with van der Waals surface area (Å²) in [5, 5.41) is 19.2. The Balaban J connectivity index is 4.74. The quantitative estimate of drug-likeness (QED) is 0.597. The fraction of sp³-hybridized carbons (Fsp3) is 0.778. The maximum atomic E-state index is 9.58. The highest BCUT2D eigenvalue weighted by Crippen LogP contribution is 2.26. The summed E-state index contributed by atoms with van der Waals surface area (Å²) in [5.74, 6) is 0. The molecule has 0 atom stereocenters. The third-order valence-corrected chi connectivity index (χ3v) is 1.61. The molecule has 2 heteroatoms. The monoisotopic (exact) mass is 158 g/mol. The topological polar surface area (TPSA) is 40.5 Å². The van der Waals surface area contributed by atoms with Gasteiger partial charge in [-0.3, -0.25) is 0 Å². The number of aliphatic hydroxyl groups is 2. The second-order valence-corrected chi connectivity index (χ2v) is 3.82. The highest BCUT2D eigenvalue weighted by Gasteiger charge is 2.30. The normalized spacial score (nSPS) is 13.0. The van der Waals surface area contributed by atoms with E-state index in [9.17, 15) is 10.2 Å². The molecule has 0 heterocycles. The van der Waals surface area contributed by atoms with Crippen LogP contribution >= 0.6 is 0 Å². The summed E-state index contributed by atoms with van der Waals surface area (Å²) in [7, 11) is 0. The van der Waals surface area contributed by atoms with Crippen LogP contribution in [0.2, 0.25) is 0 Å². The Morgan fingerprint density at radius 1 is 1.00 bits per heavy atom. The van der Waals surface area contributed by atoms with Crippen molar-refractivity contribution in [2.75, 3.05) is 0 Å². The van der Waals surface area contributed by atoms with Crippen molar-refractivity contribution in [2.24, 2.45) is 0 Å². The summed E-state index contributed by atoms with van der Waals surface area (Å²) in [6.45, 7) is 8.48. The molecule has 66 valence electrons. The molecular formula is C9H18O2. The summed E-state index contributed by atoms with van der Waals surface area (Å²) in [4.78, 5) is 0. The van der Waals surface area contributed by atoms with Crippen LogP contribution in [0.4, 0.5) is 0 Å². The van der Waals surface area contributed by atoms with Gasteiger partial charge >= 0.3 is 0 Å². The van der Waals surface area contributed by atoms with E-state index in [0.717, 1.165) is 0 Å². The molecule has 0 aliphatic heterocycles. The van der Waals surface area contributed by atoms with Gasteiger partial charge in [0.2, 0.25) is 0 Å². The summed E-state index contributed by atoms with van der Waals surface area (Å²) in [5.41, 5.74) is -1.23. The Morgan fingerprint density at radius 2 is 1.27 bits per heavy atom. The van der Waals surface area contributed by atoms with Crippen molar-refractivity contribution < 1.29 is 10.2 Å². The fourth-order valence-electron chi connectivity index (χ4n) is 1.46. The van der Waals surface area contributed by atoms with E-state index in [1.165, 1.54) is 0 Å². The number of hydrogen-bond donors (Lipinski definition) is 2. The van der Waals surface area contributed by atoms with Crippen molar-refractivity contribution in [1.29, 1.82) is 0 Å². The van der Waals surface area contributed by atoms with Gasteiger partial charge in [-0.15, -0.1) is 0 Å². The van der Waals surface area contributed by atoms with Crippen LogP contribution in [0.5, 0.6) is 0 Å². The van der Waals surface area contributed by atoms with Gasteiger partial charge in [-0.2, -0.15) is 0 Å². The molecule has 0 unspecified atom stereocenters.